The number of nitrogen functional groups attached to an aromatic ring is 1. The molecule has 1 aliphatic carbocycles. The largest absolute Gasteiger partial charge is 0.384 e. The number of rotatable bonds is 4. The van der Waals surface area contributed by atoms with Crippen molar-refractivity contribution >= 4 is 11.7 Å². The number of anilines is 1. The monoisotopic (exact) mass is 232 g/mol. The van der Waals surface area contributed by atoms with Gasteiger partial charge in [0.05, 0.1) is 5.56 Å². The Bertz CT molecular complexity index is 426. The van der Waals surface area contributed by atoms with E-state index < -0.39 is 0 Å². The van der Waals surface area contributed by atoms with E-state index in [1.165, 1.54) is 24.1 Å². The molecule has 17 heavy (non-hydrogen) atoms. The van der Waals surface area contributed by atoms with E-state index in [4.69, 9.17) is 11.1 Å². The second kappa shape index (κ2) is 5.17. The van der Waals surface area contributed by atoms with Gasteiger partial charge in [-0.2, -0.15) is 0 Å². The second-order valence-electron chi connectivity index (χ2n) is 4.54. The van der Waals surface area contributed by atoms with E-state index in [0.717, 1.165) is 37.2 Å². The van der Waals surface area contributed by atoms with Gasteiger partial charge >= 0.3 is 0 Å². The molecule has 0 aliphatic heterocycles. The van der Waals surface area contributed by atoms with Crippen LogP contribution in [-0.2, 0) is 12.8 Å². The van der Waals surface area contributed by atoms with Gasteiger partial charge in [-0.25, -0.2) is 4.98 Å². The summed E-state index contributed by atoms with van der Waals surface area (Å²) in [5, 5.41) is 10.9. The van der Waals surface area contributed by atoms with Gasteiger partial charge < -0.3 is 11.1 Å². The van der Waals surface area contributed by atoms with Crippen LogP contribution in [0.2, 0.25) is 0 Å². The molecule has 0 spiro atoms. The van der Waals surface area contributed by atoms with Crippen LogP contribution in [0.3, 0.4) is 0 Å². The molecule has 1 heterocycles. The van der Waals surface area contributed by atoms with Crippen LogP contribution in [0.1, 0.15) is 43.0 Å². The van der Waals surface area contributed by atoms with Gasteiger partial charge in [0.1, 0.15) is 11.7 Å². The Morgan fingerprint density at radius 2 is 2.24 bits per heavy atom. The lowest BCUT2D eigenvalue weighted by Gasteiger charge is -2.18. The molecule has 0 atom stereocenters. The van der Waals surface area contributed by atoms with Crippen molar-refractivity contribution in [3.05, 3.63) is 22.9 Å². The van der Waals surface area contributed by atoms with E-state index in [1.54, 1.807) is 0 Å². The summed E-state index contributed by atoms with van der Waals surface area (Å²) >= 11 is 0. The topological polar surface area (TPSA) is 74.8 Å². The van der Waals surface area contributed by atoms with Gasteiger partial charge in [-0.15, -0.1) is 0 Å². The van der Waals surface area contributed by atoms with Crippen molar-refractivity contribution in [2.24, 2.45) is 5.73 Å². The third-order valence-corrected chi connectivity index (χ3v) is 3.13. The van der Waals surface area contributed by atoms with Gasteiger partial charge in [0.15, 0.2) is 0 Å². The number of hydrogen-bond donors (Lipinski definition) is 3. The average molecular weight is 232 g/mol. The van der Waals surface area contributed by atoms with E-state index in [9.17, 15) is 0 Å². The van der Waals surface area contributed by atoms with Crippen molar-refractivity contribution in [2.75, 3.05) is 11.9 Å². The zero-order chi connectivity index (χ0) is 12.3. The Labute approximate surface area is 102 Å². The highest BCUT2D eigenvalue weighted by Gasteiger charge is 2.16. The first-order valence-electron chi connectivity index (χ1n) is 6.33. The van der Waals surface area contributed by atoms with Gasteiger partial charge in [0, 0.05) is 12.2 Å². The summed E-state index contributed by atoms with van der Waals surface area (Å²) in [4.78, 5) is 4.64. The van der Waals surface area contributed by atoms with E-state index in [1.807, 2.05) is 6.07 Å². The lowest BCUT2D eigenvalue weighted by atomic mass is 9.94. The van der Waals surface area contributed by atoms with Gasteiger partial charge in [0.2, 0.25) is 0 Å². The number of nitrogens with one attached hydrogen (secondary N) is 2. The fourth-order valence-electron chi connectivity index (χ4n) is 2.22. The summed E-state index contributed by atoms with van der Waals surface area (Å²) in [5.41, 5.74) is 8.82. The Balaban J connectivity index is 2.37. The Morgan fingerprint density at radius 1 is 1.47 bits per heavy atom. The maximum Gasteiger partial charge on any atom is 0.137 e. The third-order valence-electron chi connectivity index (χ3n) is 3.13. The molecule has 4 N–H and O–H groups in total. The molecule has 0 unspecified atom stereocenters. The second-order valence-corrected chi connectivity index (χ2v) is 4.54. The smallest absolute Gasteiger partial charge is 0.137 e. The summed E-state index contributed by atoms with van der Waals surface area (Å²) in [6, 6.07) is 2.04. The minimum atomic E-state index is 0.101. The maximum absolute atomic E-state index is 7.63. The molecule has 92 valence electrons. The average Bonchev–Trinajstić information content (AvgIpc) is 2.35. The first-order valence-corrected chi connectivity index (χ1v) is 6.33. The standard InChI is InChI=1S/C13H20N4/c1-2-7-16-13-10(12(14)15)8-9-5-3-4-6-11(9)17-13/h8H,2-7H2,1H3,(H3,14,15)(H,16,17). The number of hydrogen-bond acceptors (Lipinski definition) is 3. The van der Waals surface area contributed by atoms with Crippen LogP contribution < -0.4 is 11.1 Å². The summed E-state index contributed by atoms with van der Waals surface area (Å²) in [6.07, 6.45) is 5.58. The van der Waals surface area contributed by atoms with E-state index in [2.05, 4.69) is 17.2 Å². The van der Waals surface area contributed by atoms with Crippen molar-refractivity contribution in [1.29, 1.82) is 5.41 Å². The highest BCUT2D eigenvalue weighted by molar-refractivity contribution is 5.99. The van der Waals surface area contributed by atoms with Gasteiger partial charge in [-0.1, -0.05) is 6.92 Å². The summed E-state index contributed by atoms with van der Waals surface area (Å²) < 4.78 is 0. The minimum Gasteiger partial charge on any atom is -0.384 e. The van der Waals surface area contributed by atoms with E-state index >= 15 is 0 Å². The summed E-state index contributed by atoms with van der Waals surface area (Å²) in [5.74, 6) is 0.879. The highest BCUT2D eigenvalue weighted by Crippen LogP contribution is 2.24. The SMILES string of the molecule is CCCNc1nc2c(cc1C(=N)N)CCCC2. The van der Waals surface area contributed by atoms with Crippen LogP contribution in [0.5, 0.6) is 0 Å². The van der Waals surface area contributed by atoms with Crippen LogP contribution in [0.25, 0.3) is 0 Å². The van der Waals surface area contributed by atoms with Crippen LogP contribution in [-0.4, -0.2) is 17.4 Å². The molecular weight excluding hydrogens is 212 g/mol. The number of pyridine rings is 1. The molecule has 1 aromatic rings. The Kier molecular flexibility index (Phi) is 3.61. The molecule has 0 amide bonds. The lowest BCUT2D eigenvalue weighted by Crippen LogP contribution is -2.19. The van der Waals surface area contributed by atoms with Crippen molar-refractivity contribution in [2.45, 2.75) is 39.0 Å². The van der Waals surface area contributed by atoms with Crippen LogP contribution in [0, 0.1) is 5.41 Å². The molecule has 0 saturated heterocycles. The summed E-state index contributed by atoms with van der Waals surface area (Å²) in [6.45, 7) is 2.98. The highest BCUT2D eigenvalue weighted by atomic mass is 15.0. The van der Waals surface area contributed by atoms with E-state index in [0.29, 0.717) is 0 Å². The fourth-order valence-corrected chi connectivity index (χ4v) is 2.22. The van der Waals surface area contributed by atoms with Crippen molar-refractivity contribution < 1.29 is 0 Å². The number of nitrogens with two attached hydrogens (primary N) is 1. The number of aryl methyl sites for hydroxylation is 2. The number of amidine groups is 1. The third kappa shape index (κ3) is 2.57. The lowest BCUT2D eigenvalue weighted by molar-refractivity contribution is 0.668. The normalized spacial score (nSPS) is 14.2. The number of aromatic nitrogens is 1. The van der Waals surface area contributed by atoms with Crippen LogP contribution >= 0.6 is 0 Å². The molecule has 0 saturated carbocycles. The molecular formula is C13H20N4. The first kappa shape index (κ1) is 11.9. The number of nitrogens with zero attached hydrogens (tertiary/aromatic N) is 1. The van der Waals surface area contributed by atoms with E-state index in [-0.39, 0.29) is 5.84 Å². The molecule has 4 nitrogen and oxygen atoms in total. The van der Waals surface area contributed by atoms with Crippen molar-refractivity contribution in [3.8, 4) is 0 Å². The first-order chi connectivity index (χ1) is 8.22. The molecule has 1 aromatic heterocycles. The quantitative estimate of drug-likeness (QED) is 0.549. The molecule has 0 radical (unpaired) electrons. The molecule has 0 bridgehead atoms. The zero-order valence-corrected chi connectivity index (χ0v) is 10.3. The summed E-state index contributed by atoms with van der Waals surface area (Å²) in [7, 11) is 0. The predicted octanol–water partition coefficient (Wildman–Crippen LogP) is 2.07. The predicted molar refractivity (Wildman–Crippen MR) is 70.7 cm³/mol. The van der Waals surface area contributed by atoms with Crippen LogP contribution in [0.4, 0.5) is 5.82 Å². The number of fused-ring (bicyclic) bond motifs is 1. The van der Waals surface area contributed by atoms with Crippen molar-refractivity contribution in [3.63, 3.8) is 0 Å². The molecule has 4 heteroatoms. The maximum atomic E-state index is 7.63. The van der Waals surface area contributed by atoms with Gasteiger partial charge in [0.25, 0.3) is 0 Å². The molecule has 0 aromatic carbocycles. The zero-order valence-electron chi connectivity index (χ0n) is 10.3. The minimum absolute atomic E-state index is 0.101. The molecule has 2 rings (SSSR count). The van der Waals surface area contributed by atoms with Gasteiger partial charge in [-0.05, 0) is 43.7 Å². The van der Waals surface area contributed by atoms with Gasteiger partial charge in [-0.3, -0.25) is 5.41 Å². The van der Waals surface area contributed by atoms with Crippen molar-refractivity contribution in [1.82, 2.24) is 4.98 Å². The van der Waals surface area contributed by atoms with Crippen LogP contribution in [0.15, 0.2) is 6.07 Å². The fraction of sp³-hybridized carbons (Fsp3) is 0.538. The molecule has 1 aliphatic rings. The Morgan fingerprint density at radius 3 is 2.94 bits per heavy atom. The Hall–Kier alpha value is -1.58. The molecule has 0 fully saturated rings.